The van der Waals surface area contributed by atoms with Crippen LogP contribution in [0.4, 0.5) is 4.79 Å². The number of rotatable bonds is 4. The summed E-state index contributed by atoms with van der Waals surface area (Å²) in [6.07, 6.45) is 1.21. The maximum Gasteiger partial charge on any atom is 0.423 e. The van der Waals surface area contributed by atoms with Crippen LogP contribution in [0.1, 0.15) is 33.6 Å². The number of fused-ring (bicyclic) bond motifs is 1. The van der Waals surface area contributed by atoms with E-state index in [1.807, 2.05) is 18.2 Å². The molecule has 0 bridgehead atoms. The molecule has 120 valence electrons. The average Bonchev–Trinajstić information content (AvgIpc) is 2.70. The van der Waals surface area contributed by atoms with E-state index in [2.05, 4.69) is 15.9 Å². The summed E-state index contributed by atoms with van der Waals surface area (Å²) in [5.74, 6) is 0. The quantitative estimate of drug-likeness (QED) is 0.609. The van der Waals surface area contributed by atoms with Crippen molar-refractivity contribution in [1.29, 1.82) is 0 Å². The number of alkyl halides is 1. The molecule has 2 aromatic rings. The van der Waals surface area contributed by atoms with Gasteiger partial charge in [0.15, 0.2) is 0 Å². The fraction of sp³-hybridized carbons (Fsp3) is 0.500. The van der Waals surface area contributed by atoms with Crippen LogP contribution in [0.3, 0.4) is 0 Å². The minimum Gasteiger partial charge on any atom is -0.443 e. The van der Waals surface area contributed by atoms with Crippen molar-refractivity contribution in [1.82, 2.24) is 9.13 Å². The van der Waals surface area contributed by atoms with E-state index in [9.17, 15) is 9.59 Å². The van der Waals surface area contributed by atoms with Crippen molar-refractivity contribution < 1.29 is 9.53 Å². The smallest absolute Gasteiger partial charge is 0.423 e. The number of ether oxygens (including phenoxy) is 1. The van der Waals surface area contributed by atoms with Crippen LogP contribution in [0, 0.1) is 0 Å². The summed E-state index contributed by atoms with van der Waals surface area (Å²) in [4.78, 5) is 25.0. The molecule has 0 unspecified atom stereocenters. The Hall–Kier alpha value is -1.56. The second-order valence-corrected chi connectivity index (χ2v) is 6.93. The molecule has 5 nitrogen and oxygen atoms in total. The molecule has 0 aliphatic carbocycles. The number of nitrogens with zero attached hydrogens (tertiary/aromatic N) is 2. The van der Waals surface area contributed by atoms with E-state index in [0.717, 1.165) is 28.3 Å². The van der Waals surface area contributed by atoms with E-state index >= 15 is 0 Å². The van der Waals surface area contributed by atoms with Crippen LogP contribution >= 0.6 is 15.9 Å². The number of imidazole rings is 1. The van der Waals surface area contributed by atoms with Crippen LogP contribution in [-0.4, -0.2) is 26.2 Å². The lowest BCUT2D eigenvalue weighted by atomic mass is 10.2. The lowest BCUT2D eigenvalue weighted by Crippen LogP contribution is -2.34. The fourth-order valence-electron chi connectivity index (χ4n) is 2.27. The Kier molecular flexibility index (Phi) is 5.11. The molecule has 6 heteroatoms. The molecule has 0 radical (unpaired) electrons. The molecule has 0 amide bonds. The highest BCUT2D eigenvalue weighted by Gasteiger charge is 2.23. The molecule has 0 saturated carbocycles. The third kappa shape index (κ3) is 3.61. The summed E-state index contributed by atoms with van der Waals surface area (Å²) < 4.78 is 8.12. The van der Waals surface area contributed by atoms with Crippen molar-refractivity contribution in [2.75, 3.05) is 5.33 Å². The number of aryl methyl sites for hydroxylation is 1. The lowest BCUT2D eigenvalue weighted by Gasteiger charge is -2.19. The molecule has 1 heterocycles. The van der Waals surface area contributed by atoms with E-state index in [1.165, 1.54) is 0 Å². The molecule has 0 atom stereocenters. The van der Waals surface area contributed by atoms with Crippen LogP contribution in [0.5, 0.6) is 0 Å². The number of carbonyl (C=O) groups is 1. The zero-order valence-electron chi connectivity index (χ0n) is 13.1. The van der Waals surface area contributed by atoms with E-state index in [1.54, 1.807) is 31.4 Å². The summed E-state index contributed by atoms with van der Waals surface area (Å²) in [5, 5.41) is 0.895. The number of aromatic nitrogens is 2. The molecular formula is C16H21BrN2O3. The van der Waals surface area contributed by atoms with Crippen LogP contribution in [0.2, 0.25) is 0 Å². The van der Waals surface area contributed by atoms with Crippen molar-refractivity contribution in [2.45, 2.75) is 45.8 Å². The van der Waals surface area contributed by atoms with Gasteiger partial charge in [0.2, 0.25) is 0 Å². The molecule has 0 aliphatic rings. The number of para-hydroxylation sites is 2. The molecule has 1 aromatic carbocycles. The first-order chi connectivity index (χ1) is 10.3. The van der Waals surface area contributed by atoms with Gasteiger partial charge < -0.3 is 4.74 Å². The Morgan fingerprint density at radius 3 is 2.41 bits per heavy atom. The zero-order valence-corrected chi connectivity index (χ0v) is 14.7. The molecule has 1 aromatic heterocycles. The number of hydrogen-bond acceptors (Lipinski definition) is 3. The standard InChI is InChI=1S/C16H21BrN2O3/c1-16(2,3)22-15(21)19-13-9-5-4-8-12(13)18(14(19)20)11-7-6-10-17/h4-5,8-9H,6-7,10-11H2,1-3H3. The lowest BCUT2D eigenvalue weighted by molar-refractivity contribution is 0.0537. The molecule has 2 rings (SSSR count). The molecule has 0 aliphatic heterocycles. The van der Waals surface area contributed by atoms with E-state index < -0.39 is 11.7 Å². The van der Waals surface area contributed by atoms with Gasteiger partial charge in [-0.1, -0.05) is 28.1 Å². The highest BCUT2D eigenvalue weighted by Crippen LogP contribution is 2.16. The highest BCUT2D eigenvalue weighted by atomic mass is 79.9. The van der Waals surface area contributed by atoms with Crippen molar-refractivity contribution >= 4 is 33.1 Å². The molecule has 0 spiro atoms. The second kappa shape index (κ2) is 6.69. The van der Waals surface area contributed by atoms with Crippen LogP contribution < -0.4 is 5.69 Å². The Labute approximate surface area is 138 Å². The first-order valence-corrected chi connectivity index (χ1v) is 8.47. The van der Waals surface area contributed by atoms with Crippen LogP contribution in [0.15, 0.2) is 29.1 Å². The van der Waals surface area contributed by atoms with Gasteiger partial charge >= 0.3 is 11.8 Å². The van der Waals surface area contributed by atoms with Crippen molar-refractivity contribution in [2.24, 2.45) is 0 Å². The Balaban J connectivity index is 2.48. The average molecular weight is 369 g/mol. The van der Waals surface area contributed by atoms with E-state index in [0.29, 0.717) is 12.1 Å². The summed E-state index contributed by atoms with van der Waals surface area (Å²) in [5.41, 5.74) is 0.355. The number of halogens is 1. The third-order valence-electron chi connectivity index (χ3n) is 3.18. The normalized spacial score (nSPS) is 11.8. The van der Waals surface area contributed by atoms with Gasteiger partial charge in [-0.05, 0) is 45.7 Å². The van der Waals surface area contributed by atoms with Crippen LogP contribution in [0.25, 0.3) is 11.0 Å². The molecule has 0 N–H and O–H groups in total. The van der Waals surface area contributed by atoms with Crippen molar-refractivity contribution in [3.05, 3.63) is 34.7 Å². The largest absolute Gasteiger partial charge is 0.443 e. The molecule has 0 saturated heterocycles. The minimum atomic E-state index is -0.643. The van der Waals surface area contributed by atoms with Crippen LogP contribution in [-0.2, 0) is 11.3 Å². The summed E-state index contributed by atoms with van der Waals surface area (Å²) in [7, 11) is 0. The maximum atomic E-state index is 12.6. The number of unbranched alkanes of at least 4 members (excludes halogenated alkanes) is 1. The molecule has 22 heavy (non-hydrogen) atoms. The van der Waals surface area contributed by atoms with Gasteiger partial charge in [0, 0.05) is 11.9 Å². The van der Waals surface area contributed by atoms with Gasteiger partial charge in [0.1, 0.15) is 5.60 Å². The van der Waals surface area contributed by atoms with Gasteiger partial charge in [-0.15, -0.1) is 0 Å². The predicted octanol–water partition coefficient (Wildman–Crippen LogP) is 3.76. The zero-order chi connectivity index (χ0) is 16.3. The monoisotopic (exact) mass is 368 g/mol. The maximum absolute atomic E-state index is 12.6. The number of benzene rings is 1. The Morgan fingerprint density at radius 2 is 1.82 bits per heavy atom. The molecular weight excluding hydrogens is 348 g/mol. The van der Waals surface area contributed by atoms with Crippen molar-refractivity contribution in [3.8, 4) is 0 Å². The number of carbonyl (C=O) groups excluding carboxylic acids is 1. The topological polar surface area (TPSA) is 53.2 Å². The Bertz CT molecular complexity index is 725. The minimum absolute atomic E-state index is 0.343. The summed E-state index contributed by atoms with van der Waals surface area (Å²) in [6, 6.07) is 7.29. The second-order valence-electron chi connectivity index (χ2n) is 6.13. The van der Waals surface area contributed by atoms with Gasteiger partial charge in [-0.2, -0.15) is 4.57 Å². The highest BCUT2D eigenvalue weighted by molar-refractivity contribution is 9.09. The summed E-state index contributed by atoms with van der Waals surface area (Å²) in [6.45, 7) is 5.93. The Morgan fingerprint density at radius 1 is 1.18 bits per heavy atom. The van der Waals surface area contributed by atoms with Gasteiger partial charge in [0.25, 0.3) is 0 Å². The van der Waals surface area contributed by atoms with Gasteiger partial charge in [-0.25, -0.2) is 9.59 Å². The van der Waals surface area contributed by atoms with E-state index in [4.69, 9.17) is 4.74 Å². The first-order valence-electron chi connectivity index (χ1n) is 7.35. The third-order valence-corrected chi connectivity index (χ3v) is 3.74. The first kappa shape index (κ1) is 16.8. The fourth-order valence-corrected chi connectivity index (χ4v) is 2.67. The van der Waals surface area contributed by atoms with Gasteiger partial charge in [0.05, 0.1) is 11.0 Å². The predicted molar refractivity (Wildman–Crippen MR) is 90.9 cm³/mol. The molecule has 0 fully saturated rings. The van der Waals surface area contributed by atoms with Crippen molar-refractivity contribution in [3.63, 3.8) is 0 Å². The van der Waals surface area contributed by atoms with E-state index in [-0.39, 0.29) is 5.69 Å². The van der Waals surface area contributed by atoms with Gasteiger partial charge in [-0.3, -0.25) is 4.57 Å². The summed E-state index contributed by atoms with van der Waals surface area (Å²) >= 11 is 3.39. The SMILES string of the molecule is CC(C)(C)OC(=O)n1c(=O)n(CCCCBr)c2ccccc21. The number of hydrogen-bond donors (Lipinski definition) is 0.